The summed E-state index contributed by atoms with van der Waals surface area (Å²) in [4.78, 5) is 0. The lowest BCUT2D eigenvalue weighted by Gasteiger charge is -2.07. The summed E-state index contributed by atoms with van der Waals surface area (Å²) in [6, 6.07) is 5.62. The number of halogens is 2. The number of hydrogen-bond donors (Lipinski definition) is 1. The Morgan fingerprint density at radius 2 is 2.12 bits per heavy atom. The summed E-state index contributed by atoms with van der Waals surface area (Å²) in [6.45, 7) is 1.38. The van der Waals surface area contributed by atoms with Crippen LogP contribution in [0, 0.1) is 0 Å². The van der Waals surface area contributed by atoms with Gasteiger partial charge in [-0.3, -0.25) is 0 Å². The first-order valence-electron chi connectivity index (χ1n) is 5.21. The van der Waals surface area contributed by atoms with E-state index in [9.17, 15) is 8.42 Å². The van der Waals surface area contributed by atoms with E-state index in [2.05, 4.69) is 21.2 Å². The zero-order valence-corrected chi connectivity index (χ0v) is 12.7. The van der Waals surface area contributed by atoms with Crippen LogP contribution in [0.1, 0.15) is 12.0 Å². The van der Waals surface area contributed by atoms with Gasteiger partial charge in [-0.2, -0.15) is 0 Å². The maximum absolute atomic E-state index is 10.9. The maximum Gasteiger partial charge on any atom is 0.147 e. The van der Waals surface area contributed by atoms with E-state index in [0.29, 0.717) is 24.5 Å². The molecule has 0 saturated carbocycles. The number of benzene rings is 1. The highest BCUT2D eigenvalue weighted by Gasteiger charge is 2.02. The number of hydrogen-bond acceptors (Lipinski definition) is 3. The Morgan fingerprint density at radius 1 is 1.41 bits per heavy atom. The summed E-state index contributed by atoms with van der Waals surface area (Å²) in [5, 5.41) is 3.89. The van der Waals surface area contributed by atoms with Gasteiger partial charge in [-0.1, -0.05) is 33.6 Å². The molecule has 17 heavy (non-hydrogen) atoms. The van der Waals surface area contributed by atoms with Gasteiger partial charge in [0.1, 0.15) is 9.84 Å². The molecule has 0 aliphatic heterocycles. The van der Waals surface area contributed by atoms with Crippen LogP contribution in [-0.4, -0.2) is 27.0 Å². The monoisotopic (exact) mass is 339 g/mol. The minimum atomic E-state index is -2.85. The van der Waals surface area contributed by atoms with Gasteiger partial charge >= 0.3 is 0 Å². The molecular formula is C11H15BrClNO2S. The highest BCUT2D eigenvalue weighted by molar-refractivity contribution is 9.10. The zero-order valence-electron chi connectivity index (χ0n) is 9.54. The van der Waals surface area contributed by atoms with Crippen LogP contribution in [0.2, 0.25) is 5.02 Å². The largest absolute Gasteiger partial charge is 0.313 e. The molecule has 0 atom stereocenters. The van der Waals surface area contributed by atoms with Gasteiger partial charge in [0.05, 0.1) is 5.75 Å². The Labute approximate surface area is 116 Å². The van der Waals surface area contributed by atoms with Crippen molar-refractivity contribution in [1.29, 1.82) is 0 Å². The predicted octanol–water partition coefficient (Wildman–Crippen LogP) is 2.63. The second-order valence-electron chi connectivity index (χ2n) is 3.90. The molecule has 0 aliphatic rings. The minimum absolute atomic E-state index is 0.224. The Morgan fingerprint density at radius 3 is 2.71 bits per heavy atom. The van der Waals surface area contributed by atoms with Gasteiger partial charge in [0.2, 0.25) is 0 Å². The molecule has 0 fully saturated rings. The van der Waals surface area contributed by atoms with Gasteiger partial charge in [-0.05, 0) is 30.7 Å². The fraction of sp³-hybridized carbons (Fsp3) is 0.455. The average molecular weight is 341 g/mol. The first-order chi connectivity index (χ1) is 7.88. The molecule has 96 valence electrons. The molecule has 0 radical (unpaired) electrons. The van der Waals surface area contributed by atoms with Crippen LogP contribution in [0.4, 0.5) is 0 Å². The van der Waals surface area contributed by atoms with E-state index >= 15 is 0 Å². The van der Waals surface area contributed by atoms with E-state index in [4.69, 9.17) is 11.6 Å². The first kappa shape index (κ1) is 15.0. The average Bonchev–Trinajstić information content (AvgIpc) is 2.18. The second kappa shape index (κ2) is 6.73. The third-order valence-electron chi connectivity index (χ3n) is 2.20. The highest BCUT2D eigenvalue weighted by atomic mass is 79.9. The summed E-state index contributed by atoms with van der Waals surface area (Å²) in [7, 11) is -2.85. The van der Waals surface area contributed by atoms with Crippen molar-refractivity contribution in [3.8, 4) is 0 Å². The lowest BCUT2D eigenvalue weighted by atomic mass is 10.2. The zero-order chi connectivity index (χ0) is 12.9. The molecule has 0 spiro atoms. The van der Waals surface area contributed by atoms with Crippen molar-refractivity contribution < 1.29 is 8.42 Å². The Hall–Kier alpha value is -0.100. The van der Waals surface area contributed by atoms with Crippen molar-refractivity contribution in [3.63, 3.8) is 0 Å². The van der Waals surface area contributed by atoms with Gasteiger partial charge in [-0.25, -0.2) is 8.42 Å². The van der Waals surface area contributed by atoms with Crippen LogP contribution in [-0.2, 0) is 16.4 Å². The van der Waals surface area contributed by atoms with Crippen LogP contribution in [0.15, 0.2) is 22.7 Å². The van der Waals surface area contributed by atoms with Crippen molar-refractivity contribution >= 4 is 37.4 Å². The number of rotatable bonds is 6. The quantitative estimate of drug-likeness (QED) is 0.810. The molecule has 0 aliphatic carbocycles. The third-order valence-corrected chi connectivity index (χ3v) is 4.20. The standard InChI is InChI=1S/C11H15BrClNO2S/c1-17(15,16)6-2-5-14-8-9-3-4-10(13)7-11(9)12/h3-4,7,14H,2,5-6,8H2,1H3. The molecule has 3 nitrogen and oxygen atoms in total. The molecule has 0 aromatic heterocycles. The van der Waals surface area contributed by atoms with E-state index in [1.54, 1.807) is 0 Å². The van der Waals surface area contributed by atoms with Gasteiger partial charge in [-0.15, -0.1) is 0 Å². The predicted molar refractivity (Wildman–Crippen MR) is 75.2 cm³/mol. The van der Waals surface area contributed by atoms with Crippen molar-refractivity contribution in [2.45, 2.75) is 13.0 Å². The molecule has 1 rings (SSSR count). The summed E-state index contributed by atoms with van der Waals surface area (Å²) in [5.41, 5.74) is 1.11. The smallest absolute Gasteiger partial charge is 0.147 e. The van der Waals surface area contributed by atoms with Crippen molar-refractivity contribution in [1.82, 2.24) is 5.32 Å². The number of nitrogens with one attached hydrogen (secondary N) is 1. The van der Waals surface area contributed by atoms with Crippen LogP contribution in [0.5, 0.6) is 0 Å². The lowest BCUT2D eigenvalue weighted by Crippen LogP contribution is -2.18. The molecule has 0 amide bonds. The minimum Gasteiger partial charge on any atom is -0.313 e. The fourth-order valence-electron chi connectivity index (χ4n) is 1.35. The van der Waals surface area contributed by atoms with E-state index < -0.39 is 9.84 Å². The summed E-state index contributed by atoms with van der Waals surface area (Å²) < 4.78 is 22.8. The highest BCUT2D eigenvalue weighted by Crippen LogP contribution is 2.21. The van der Waals surface area contributed by atoms with Gasteiger partial charge in [0.15, 0.2) is 0 Å². The summed E-state index contributed by atoms with van der Waals surface area (Å²) >= 11 is 9.26. The SMILES string of the molecule is CS(=O)(=O)CCCNCc1ccc(Cl)cc1Br. The van der Waals surface area contributed by atoms with Crippen molar-refractivity contribution in [2.24, 2.45) is 0 Å². The molecule has 1 aromatic rings. The number of sulfone groups is 1. The van der Waals surface area contributed by atoms with Crippen LogP contribution in [0.25, 0.3) is 0 Å². The summed E-state index contributed by atoms with van der Waals surface area (Å²) in [5.74, 6) is 0.224. The lowest BCUT2D eigenvalue weighted by molar-refractivity contribution is 0.594. The molecular weight excluding hydrogens is 326 g/mol. The van der Waals surface area contributed by atoms with E-state index in [0.717, 1.165) is 10.0 Å². The Kier molecular flexibility index (Phi) is 5.92. The van der Waals surface area contributed by atoms with Gasteiger partial charge in [0.25, 0.3) is 0 Å². The van der Waals surface area contributed by atoms with E-state index in [1.165, 1.54) is 6.26 Å². The maximum atomic E-state index is 10.9. The third kappa shape index (κ3) is 6.41. The van der Waals surface area contributed by atoms with E-state index in [-0.39, 0.29) is 5.75 Å². The summed E-state index contributed by atoms with van der Waals surface area (Å²) in [6.07, 6.45) is 1.88. The molecule has 1 aromatic carbocycles. The van der Waals surface area contributed by atoms with Gasteiger partial charge < -0.3 is 5.32 Å². The Bertz CT molecular complexity index is 476. The molecule has 0 saturated heterocycles. The molecule has 0 unspecified atom stereocenters. The molecule has 1 N–H and O–H groups in total. The topological polar surface area (TPSA) is 46.2 Å². The van der Waals surface area contributed by atoms with Crippen LogP contribution >= 0.6 is 27.5 Å². The van der Waals surface area contributed by atoms with E-state index in [1.807, 2.05) is 18.2 Å². The first-order valence-corrected chi connectivity index (χ1v) is 8.44. The van der Waals surface area contributed by atoms with Crippen LogP contribution < -0.4 is 5.32 Å². The molecule has 0 heterocycles. The van der Waals surface area contributed by atoms with Gasteiger partial charge in [0, 0.05) is 22.3 Å². The van der Waals surface area contributed by atoms with Crippen molar-refractivity contribution in [2.75, 3.05) is 18.6 Å². The fourth-order valence-corrected chi connectivity index (χ4v) is 2.84. The second-order valence-corrected chi connectivity index (χ2v) is 7.45. The normalized spacial score (nSPS) is 11.7. The van der Waals surface area contributed by atoms with Crippen LogP contribution in [0.3, 0.4) is 0 Å². The molecule has 6 heteroatoms. The van der Waals surface area contributed by atoms with Crippen molar-refractivity contribution in [3.05, 3.63) is 33.3 Å². The Balaban J connectivity index is 2.32. The molecule has 0 bridgehead atoms.